The third-order valence-corrected chi connectivity index (χ3v) is 6.98. The summed E-state index contributed by atoms with van der Waals surface area (Å²) < 4.78 is 6.83. The summed E-state index contributed by atoms with van der Waals surface area (Å²) in [4.78, 5) is 35.7. The highest BCUT2D eigenvalue weighted by Gasteiger charge is 2.27. The number of fused-ring (bicyclic) bond motifs is 1. The Balaban J connectivity index is 1.09. The summed E-state index contributed by atoms with van der Waals surface area (Å²) >= 11 is 0. The van der Waals surface area contributed by atoms with E-state index in [2.05, 4.69) is 39.7 Å². The summed E-state index contributed by atoms with van der Waals surface area (Å²) in [6, 6.07) is 7.09. The van der Waals surface area contributed by atoms with Gasteiger partial charge in [0.1, 0.15) is 5.69 Å². The van der Waals surface area contributed by atoms with Gasteiger partial charge in [0.2, 0.25) is 17.7 Å². The van der Waals surface area contributed by atoms with Crippen LogP contribution in [0.5, 0.6) is 0 Å². The lowest BCUT2D eigenvalue weighted by molar-refractivity contribution is 0.0690. The first kappa shape index (κ1) is 23.2. The normalized spacial score (nSPS) is 19.0. The molecule has 0 saturated carbocycles. The zero-order valence-corrected chi connectivity index (χ0v) is 20.3. The summed E-state index contributed by atoms with van der Waals surface area (Å²) in [5.74, 6) is 1.66. The summed E-state index contributed by atoms with van der Waals surface area (Å²) in [5, 5.41) is 13.6. The Bertz CT molecular complexity index is 1400. The molecular weight excluding hydrogens is 476 g/mol. The van der Waals surface area contributed by atoms with E-state index < -0.39 is 5.97 Å². The molecule has 0 spiro atoms. The number of piperazine rings is 1. The predicted molar refractivity (Wildman–Crippen MR) is 135 cm³/mol. The van der Waals surface area contributed by atoms with E-state index in [0.717, 1.165) is 64.3 Å². The number of rotatable bonds is 6. The second kappa shape index (κ2) is 9.65. The molecule has 4 aromatic rings. The largest absolute Gasteiger partial charge is 0.477 e. The van der Waals surface area contributed by atoms with Crippen molar-refractivity contribution in [2.75, 3.05) is 61.3 Å². The van der Waals surface area contributed by atoms with Crippen molar-refractivity contribution in [1.82, 2.24) is 34.4 Å². The minimum Gasteiger partial charge on any atom is -0.477 e. The SMILES string of the molecule is Nc1nc(N2CCCC(CN3CCN(c4ccnc(C(=O)O)c4)CC3)C2)nc2nc(-c3ccco3)nn12. The van der Waals surface area contributed by atoms with Crippen molar-refractivity contribution in [2.24, 2.45) is 5.92 Å². The highest BCUT2D eigenvalue weighted by atomic mass is 16.4. The van der Waals surface area contributed by atoms with Gasteiger partial charge < -0.3 is 25.1 Å². The summed E-state index contributed by atoms with van der Waals surface area (Å²) in [6.07, 6.45) is 5.33. The summed E-state index contributed by atoms with van der Waals surface area (Å²) in [5.41, 5.74) is 7.19. The molecule has 4 aromatic heterocycles. The minimum atomic E-state index is -1.01. The molecule has 6 heterocycles. The van der Waals surface area contributed by atoms with Crippen LogP contribution in [0.15, 0.2) is 41.1 Å². The van der Waals surface area contributed by atoms with Crippen molar-refractivity contribution in [2.45, 2.75) is 12.8 Å². The van der Waals surface area contributed by atoms with Crippen molar-refractivity contribution in [1.29, 1.82) is 0 Å². The van der Waals surface area contributed by atoms with E-state index in [9.17, 15) is 9.90 Å². The van der Waals surface area contributed by atoms with E-state index in [4.69, 9.17) is 10.2 Å². The van der Waals surface area contributed by atoms with Crippen molar-refractivity contribution in [3.63, 3.8) is 0 Å². The van der Waals surface area contributed by atoms with Gasteiger partial charge in [-0.2, -0.15) is 19.5 Å². The van der Waals surface area contributed by atoms with Crippen LogP contribution in [0.1, 0.15) is 23.3 Å². The van der Waals surface area contributed by atoms with Gasteiger partial charge in [0, 0.05) is 57.7 Å². The molecule has 0 aromatic carbocycles. The fraction of sp³-hybridized carbons (Fsp3) is 0.417. The number of anilines is 3. The Morgan fingerprint density at radius 1 is 1.11 bits per heavy atom. The average molecular weight is 505 g/mol. The van der Waals surface area contributed by atoms with E-state index in [1.165, 1.54) is 4.52 Å². The third-order valence-electron chi connectivity index (χ3n) is 6.98. The first-order valence-corrected chi connectivity index (χ1v) is 12.4. The van der Waals surface area contributed by atoms with Gasteiger partial charge in [-0.05, 0) is 43.0 Å². The molecule has 192 valence electrons. The molecule has 0 amide bonds. The zero-order chi connectivity index (χ0) is 25.4. The van der Waals surface area contributed by atoms with E-state index in [0.29, 0.717) is 29.2 Å². The van der Waals surface area contributed by atoms with Crippen LogP contribution in [0.2, 0.25) is 0 Å². The molecular formula is C24H28N10O3. The number of hydrogen-bond acceptors (Lipinski definition) is 11. The Kier molecular flexibility index (Phi) is 6.04. The van der Waals surface area contributed by atoms with Crippen molar-refractivity contribution in [3.8, 4) is 11.6 Å². The number of carbonyl (C=O) groups is 1. The van der Waals surface area contributed by atoms with Gasteiger partial charge in [0.05, 0.1) is 6.26 Å². The summed E-state index contributed by atoms with van der Waals surface area (Å²) in [7, 11) is 0. The van der Waals surface area contributed by atoms with Crippen LogP contribution < -0.4 is 15.5 Å². The van der Waals surface area contributed by atoms with Crippen LogP contribution in [0.4, 0.5) is 17.6 Å². The van der Waals surface area contributed by atoms with E-state index >= 15 is 0 Å². The maximum absolute atomic E-state index is 11.3. The number of carboxylic acids is 1. The maximum Gasteiger partial charge on any atom is 0.354 e. The molecule has 2 aliphatic heterocycles. The van der Waals surface area contributed by atoms with Crippen LogP contribution in [0.3, 0.4) is 0 Å². The van der Waals surface area contributed by atoms with Crippen LogP contribution in [-0.2, 0) is 0 Å². The standard InChI is InChI=1S/C24H28N10O3/c25-22-28-23(29-24-27-20(30-34(22)24)19-4-2-12-37-19)33-7-1-3-16(15-33)14-31-8-10-32(11-9-31)17-5-6-26-18(13-17)21(35)36/h2,4-6,12-13,16H,1,3,7-11,14-15H2,(H,35,36)(H2,25,27,28,29,30). The Morgan fingerprint density at radius 2 is 1.97 bits per heavy atom. The highest BCUT2D eigenvalue weighted by Crippen LogP contribution is 2.25. The number of aromatic carboxylic acids is 1. The van der Waals surface area contributed by atoms with Crippen LogP contribution in [0, 0.1) is 5.92 Å². The monoisotopic (exact) mass is 504 g/mol. The first-order valence-electron chi connectivity index (χ1n) is 12.4. The molecule has 2 aliphatic rings. The van der Waals surface area contributed by atoms with Gasteiger partial charge in [-0.1, -0.05) is 0 Å². The van der Waals surface area contributed by atoms with E-state index in [-0.39, 0.29) is 11.6 Å². The minimum absolute atomic E-state index is 0.0755. The lowest BCUT2D eigenvalue weighted by Crippen LogP contribution is -2.50. The molecule has 3 N–H and O–H groups in total. The Labute approximate surface area is 212 Å². The molecule has 37 heavy (non-hydrogen) atoms. The highest BCUT2D eigenvalue weighted by molar-refractivity contribution is 5.86. The molecule has 1 atom stereocenters. The van der Waals surface area contributed by atoms with E-state index in [1.54, 1.807) is 30.7 Å². The average Bonchev–Trinajstić information content (AvgIpc) is 3.60. The number of nitrogens with two attached hydrogens (primary N) is 1. The van der Waals surface area contributed by atoms with Crippen LogP contribution in [-0.4, -0.2) is 91.3 Å². The van der Waals surface area contributed by atoms with Crippen LogP contribution in [0.25, 0.3) is 17.4 Å². The molecule has 13 nitrogen and oxygen atoms in total. The van der Waals surface area contributed by atoms with Gasteiger partial charge in [-0.3, -0.25) is 4.90 Å². The van der Waals surface area contributed by atoms with Gasteiger partial charge in [-0.15, -0.1) is 5.10 Å². The lowest BCUT2D eigenvalue weighted by atomic mass is 9.97. The summed E-state index contributed by atoms with van der Waals surface area (Å²) in [6.45, 7) is 6.25. The molecule has 0 bridgehead atoms. The number of hydrogen-bond donors (Lipinski definition) is 2. The molecule has 1 unspecified atom stereocenters. The third kappa shape index (κ3) is 4.77. The Hall–Kier alpha value is -4.26. The second-order valence-electron chi connectivity index (χ2n) is 9.45. The van der Waals surface area contributed by atoms with Gasteiger partial charge in [-0.25, -0.2) is 9.78 Å². The number of nitrogen functional groups attached to an aromatic ring is 1. The van der Waals surface area contributed by atoms with Gasteiger partial charge in [0.15, 0.2) is 5.76 Å². The molecule has 2 saturated heterocycles. The quantitative estimate of drug-likeness (QED) is 0.391. The molecule has 0 aliphatic carbocycles. The topological polar surface area (TPSA) is 155 Å². The van der Waals surface area contributed by atoms with Crippen molar-refractivity contribution < 1.29 is 14.3 Å². The molecule has 0 radical (unpaired) electrons. The fourth-order valence-electron chi connectivity index (χ4n) is 5.13. The maximum atomic E-state index is 11.3. The van der Waals surface area contributed by atoms with Crippen LogP contribution >= 0.6 is 0 Å². The zero-order valence-electron chi connectivity index (χ0n) is 20.3. The fourth-order valence-corrected chi connectivity index (χ4v) is 5.13. The number of aromatic nitrogens is 6. The van der Waals surface area contributed by atoms with Gasteiger partial charge in [0.25, 0.3) is 5.78 Å². The van der Waals surface area contributed by atoms with Crippen molar-refractivity contribution in [3.05, 3.63) is 42.4 Å². The second-order valence-corrected chi connectivity index (χ2v) is 9.45. The molecule has 13 heteroatoms. The number of furan rings is 1. The van der Waals surface area contributed by atoms with Gasteiger partial charge >= 0.3 is 5.97 Å². The smallest absolute Gasteiger partial charge is 0.354 e. The Morgan fingerprint density at radius 3 is 2.76 bits per heavy atom. The number of nitrogens with zero attached hydrogens (tertiary/aromatic N) is 9. The predicted octanol–water partition coefficient (Wildman–Crippen LogP) is 1.49. The number of piperidine rings is 1. The first-order chi connectivity index (χ1) is 18.0. The molecule has 6 rings (SSSR count). The number of carboxylic acid groups (broad SMARTS) is 1. The number of pyridine rings is 1. The van der Waals surface area contributed by atoms with E-state index in [1.807, 2.05) is 6.07 Å². The van der Waals surface area contributed by atoms with Crippen molar-refractivity contribution >= 4 is 29.3 Å². The lowest BCUT2D eigenvalue weighted by Gasteiger charge is -2.40. The molecule has 2 fully saturated rings.